The lowest BCUT2D eigenvalue weighted by Gasteiger charge is -2.28. The second-order valence-corrected chi connectivity index (χ2v) is 9.87. The zero-order chi connectivity index (χ0) is 27.4. The zero-order valence-electron chi connectivity index (χ0n) is 21.9. The number of hydrogen-bond donors (Lipinski definition) is 1. The molecule has 1 unspecified atom stereocenters. The smallest absolute Gasteiger partial charge is 0.266 e. The SMILES string of the molecule is CNC(=O)C(CCC=O)N1C(=O)c2cccc(OCc3ccc(CN4CCc5ccccc5C4)cc3)c2C1=O. The van der Waals surface area contributed by atoms with Gasteiger partial charge < -0.3 is 14.8 Å². The summed E-state index contributed by atoms with van der Waals surface area (Å²) < 4.78 is 6.01. The third-order valence-corrected chi connectivity index (χ3v) is 7.36. The second kappa shape index (κ2) is 11.6. The lowest BCUT2D eigenvalue weighted by Crippen LogP contribution is -2.48. The van der Waals surface area contributed by atoms with E-state index in [0.29, 0.717) is 6.29 Å². The number of carbonyl (C=O) groups is 4. The Morgan fingerprint density at radius 3 is 2.46 bits per heavy atom. The van der Waals surface area contributed by atoms with E-state index in [1.807, 2.05) is 12.1 Å². The molecule has 2 heterocycles. The lowest BCUT2D eigenvalue weighted by molar-refractivity contribution is -0.124. The number of rotatable bonds is 10. The fourth-order valence-electron chi connectivity index (χ4n) is 5.30. The number of benzene rings is 3. The van der Waals surface area contributed by atoms with Crippen molar-refractivity contribution in [3.63, 3.8) is 0 Å². The van der Waals surface area contributed by atoms with Crippen LogP contribution in [0.2, 0.25) is 0 Å². The number of fused-ring (bicyclic) bond motifs is 2. The van der Waals surface area contributed by atoms with E-state index in [4.69, 9.17) is 4.74 Å². The van der Waals surface area contributed by atoms with Gasteiger partial charge in [-0.05, 0) is 47.2 Å². The average Bonchev–Trinajstić information content (AvgIpc) is 3.22. The summed E-state index contributed by atoms with van der Waals surface area (Å²) in [5.74, 6) is -1.37. The van der Waals surface area contributed by atoms with Gasteiger partial charge in [0.1, 0.15) is 24.7 Å². The van der Waals surface area contributed by atoms with Crippen LogP contribution in [0.1, 0.15) is 55.8 Å². The summed E-state index contributed by atoms with van der Waals surface area (Å²) in [6, 6.07) is 20.6. The van der Waals surface area contributed by atoms with Gasteiger partial charge in [0.25, 0.3) is 11.8 Å². The first-order valence-electron chi connectivity index (χ1n) is 13.2. The first-order valence-corrected chi connectivity index (χ1v) is 13.2. The number of imide groups is 1. The van der Waals surface area contributed by atoms with Crippen LogP contribution >= 0.6 is 0 Å². The Labute approximate surface area is 227 Å². The summed E-state index contributed by atoms with van der Waals surface area (Å²) in [5.41, 5.74) is 5.30. The van der Waals surface area contributed by atoms with Crippen LogP contribution in [0.25, 0.3) is 0 Å². The van der Waals surface area contributed by atoms with E-state index in [0.717, 1.165) is 36.5 Å². The molecule has 0 radical (unpaired) electrons. The van der Waals surface area contributed by atoms with Crippen LogP contribution in [0.4, 0.5) is 0 Å². The minimum absolute atomic E-state index is 0.0515. The van der Waals surface area contributed by atoms with E-state index in [-0.39, 0.29) is 36.3 Å². The molecule has 0 aromatic heterocycles. The van der Waals surface area contributed by atoms with Crippen molar-refractivity contribution in [3.8, 4) is 5.75 Å². The fourth-order valence-corrected chi connectivity index (χ4v) is 5.30. The highest BCUT2D eigenvalue weighted by Gasteiger charge is 2.44. The van der Waals surface area contributed by atoms with Crippen molar-refractivity contribution in [1.29, 1.82) is 0 Å². The van der Waals surface area contributed by atoms with E-state index in [1.165, 1.54) is 23.7 Å². The van der Waals surface area contributed by atoms with E-state index in [1.54, 1.807) is 18.2 Å². The van der Waals surface area contributed by atoms with Crippen LogP contribution in [0.15, 0.2) is 66.7 Å². The molecule has 39 heavy (non-hydrogen) atoms. The average molecular weight is 526 g/mol. The van der Waals surface area contributed by atoms with Crippen LogP contribution < -0.4 is 10.1 Å². The van der Waals surface area contributed by atoms with E-state index < -0.39 is 23.8 Å². The number of nitrogens with one attached hydrogen (secondary N) is 1. The number of carbonyl (C=O) groups excluding carboxylic acids is 4. The van der Waals surface area contributed by atoms with Crippen molar-refractivity contribution >= 4 is 24.0 Å². The summed E-state index contributed by atoms with van der Waals surface area (Å²) in [6.45, 7) is 3.06. The standard InChI is InChI=1S/C31H31N3O5/c1-32-29(36)26(9-5-17-35)34-30(37)25-8-4-10-27(28(25)31(34)38)39-20-22-13-11-21(12-14-22)18-33-16-15-23-6-2-3-7-24(23)19-33/h2-4,6-8,10-14,17,26H,5,9,15-16,18-20H2,1H3,(H,32,36). The molecular formula is C31H31N3O5. The quantitative estimate of drug-likeness (QED) is 0.322. The van der Waals surface area contributed by atoms with E-state index in [2.05, 4.69) is 46.6 Å². The molecule has 0 spiro atoms. The number of hydrogen-bond acceptors (Lipinski definition) is 6. The minimum Gasteiger partial charge on any atom is -0.488 e. The van der Waals surface area contributed by atoms with Gasteiger partial charge in [0, 0.05) is 33.1 Å². The molecule has 0 fully saturated rings. The highest BCUT2D eigenvalue weighted by Crippen LogP contribution is 2.33. The van der Waals surface area contributed by atoms with Crippen molar-refractivity contribution in [2.45, 2.75) is 45.0 Å². The summed E-state index contributed by atoms with van der Waals surface area (Å²) in [7, 11) is 1.43. The van der Waals surface area contributed by atoms with Crippen LogP contribution in [-0.4, -0.2) is 53.4 Å². The van der Waals surface area contributed by atoms with Gasteiger partial charge in [-0.1, -0.05) is 54.6 Å². The molecule has 5 rings (SSSR count). The van der Waals surface area contributed by atoms with Crippen molar-refractivity contribution < 1.29 is 23.9 Å². The second-order valence-electron chi connectivity index (χ2n) is 9.87. The van der Waals surface area contributed by atoms with Crippen molar-refractivity contribution in [2.75, 3.05) is 13.6 Å². The first kappa shape index (κ1) is 26.3. The van der Waals surface area contributed by atoms with Gasteiger partial charge in [0.05, 0.1) is 11.1 Å². The fraction of sp³-hybridized carbons (Fsp3) is 0.290. The summed E-state index contributed by atoms with van der Waals surface area (Å²) in [5, 5.41) is 2.48. The van der Waals surface area contributed by atoms with Crippen LogP contribution in [-0.2, 0) is 35.7 Å². The summed E-state index contributed by atoms with van der Waals surface area (Å²) in [6.07, 6.45) is 1.83. The normalized spacial score (nSPS) is 15.5. The molecule has 0 saturated carbocycles. The van der Waals surface area contributed by atoms with Gasteiger partial charge in [0.2, 0.25) is 5.91 Å². The summed E-state index contributed by atoms with van der Waals surface area (Å²) in [4.78, 5) is 53.2. The summed E-state index contributed by atoms with van der Waals surface area (Å²) >= 11 is 0. The number of likely N-dealkylation sites (N-methyl/N-ethyl adjacent to an activating group) is 1. The maximum atomic E-state index is 13.3. The molecule has 0 bridgehead atoms. The van der Waals surface area contributed by atoms with E-state index >= 15 is 0 Å². The van der Waals surface area contributed by atoms with E-state index in [9.17, 15) is 19.2 Å². The van der Waals surface area contributed by atoms with Gasteiger partial charge in [-0.2, -0.15) is 0 Å². The van der Waals surface area contributed by atoms with Gasteiger partial charge in [0.15, 0.2) is 0 Å². The Hall–Kier alpha value is -4.30. The molecule has 3 aromatic carbocycles. The molecule has 3 amide bonds. The molecule has 3 aromatic rings. The monoisotopic (exact) mass is 525 g/mol. The largest absolute Gasteiger partial charge is 0.488 e. The molecule has 1 atom stereocenters. The molecule has 8 heteroatoms. The topological polar surface area (TPSA) is 96.0 Å². The molecule has 0 saturated heterocycles. The predicted octanol–water partition coefficient (Wildman–Crippen LogP) is 3.51. The Balaban J connectivity index is 1.25. The van der Waals surface area contributed by atoms with Crippen LogP contribution in [0, 0.1) is 0 Å². The Morgan fingerprint density at radius 1 is 0.974 bits per heavy atom. The van der Waals surface area contributed by atoms with Crippen molar-refractivity contribution in [2.24, 2.45) is 0 Å². The van der Waals surface area contributed by atoms with Crippen molar-refractivity contribution in [1.82, 2.24) is 15.1 Å². The zero-order valence-corrected chi connectivity index (χ0v) is 21.9. The molecule has 8 nitrogen and oxygen atoms in total. The highest BCUT2D eigenvalue weighted by atomic mass is 16.5. The number of nitrogens with zero attached hydrogens (tertiary/aromatic N) is 2. The molecule has 200 valence electrons. The lowest BCUT2D eigenvalue weighted by atomic mass is 9.99. The maximum absolute atomic E-state index is 13.3. The first-order chi connectivity index (χ1) is 19.0. The van der Waals surface area contributed by atoms with Crippen molar-refractivity contribution in [3.05, 3.63) is 100 Å². The van der Waals surface area contributed by atoms with Gasteiger partial charge in [-0.15, -0.1) is 0 Å². The minimum atomic E-state index is -1.07. The third kappa shape index (κ3) is 5.47. The Kier molecular flexibility index (Phi) is 7.84. The Morgan fingerprint density at radius 2 is 1.72 bits per heavy atom. The molecule has 2 aliphatic heterocycles. The number of ether oxygens (including phenoxy) is 1. The molecular weight excluding hydrogens is 494 g/mol. The maximum Gasteiger partial charge on any atom is 0.266 e. The number of aldehydes is 1. The van der Waals surface area contributed by atoms with Gasteiger partial charge in [-0.25, -0.2) is 0 Å². The third-order valence-electron chi connectivity index (χ3n) is 7.36. The number of amides is 3. The molecule has 1 N–H and O–H groups in total. The highest BCUT2D eigenvalue weighted by molar-refractivity contribution is 6.24. The molecule has 0 aliphatic carbocycles. The Bertz CT molecular complexity index is 1400. The van der Waals surface area contributed by atoms with Crippen LogP contribution in [0.3, 0.4) is 0 Å². The van der Waals surface area contributed by atoms with Gasteiger partial charge in [-0.3, -0.25) is 24.2 Å². The van der Waals surface area contributed by atoms with Gasteiger partial charge >= 0.3 is 0 Å². The van der Waals surface area contributed by atoms with Crippen LogP contribution in [0.5, 0.6) is 5.75 Å². The predicted molar refractivity (Wildman–Crippen MR) is 145 cm³/mol. The molecule has 2 aliphatic rings.